The molecule has 0 bridgehead atoms. The van der Waals surface area contributed by atoms with Crippen LogP contribution in [-0.4, -0.2) is 36.6 Å². The second-order valence-corrected chi connectivity index (χ2v) is 4.20. The molecule has 1 aromatic rings. The van der Waals surface area contributed by atoms with Gasteiger partial charge in [0.25, 0.3) is 0 Å². The monoisotopic (exact) mass is 220 g/mol. The molecule has 0 amide bonds. The molecule has 1 fully saturated rings. The topological polar surface area (TPSA) is 42.4 Å². The van der Waals surface area contributed by atoms with Crippen molar-refractivity contribution in [1.82, 2.24) is 4.98 Å². The molecule has 2 atom stereocenters. The number of pyridine rings is 1. The van der Waals surface area contributed by atoms with Crippen molar-refractivity contribution in [3.63, 3.8) is 0 Å². The van der Waals surface area contributed by atoms with Gasteiger partial charge in [0.15, 0.2) is 6.29 Å². The van der Waals surface area contributed by atoms with E-state index in [-0.39, 0.29) is 12.2 Å². The lowest BCUT2D eigenvalue weighted by atomic mass is 10.2. The van der Waals surface area contributed by atoms with Crippen LogP contribution in [0.5, 0.6) is 0 Å². The van der Waals surface area contributed by atoms with Crippen molar-refractivity contribution < 1.29 is 9.53 Å². The van der Waals surface area contributed by atoms with Gasteiger partial charge < -0.3 is 9.64 Å². The van der Waals surface area contributed by atoms with E-state index < -0.39 is 0 Å². The van der Waals surface area contributed by atoms with Gasteiger partial charge in [-0.3, -0.25) is 4.79 Å². The van der Waals surface area contributed by atoms with Crippen molar-refractivity contribution in [3.8, 4) is 0 Å². The Kier molecular flexibility index (Phi) is 3.19. The fourth-order valence-corrected chi connectivity index (χ4v) is 2.12. The summed E-state index contributed by atoms with van der Waals surface area (Å²) in [5, 5.41) is 0. The molecule has 16 heavy (non-hydrogen) atoms. The number of nitrogens with zero attached hydrogens (tertiary/aromatic N) is 2. The molecule has 0 spiro atoms. The second kappa shape index (κ2) is 4.61. The summed E-state index contributed by atoms with van der Waals surface area (Å²) in [5.74, 6) is 0.763. The number of carbonyl (C=O) groups is 1. The Morgan fingerprint density at radius 3 is 2.75 bits per heavy atom. The Morgan fingerprint density at radius 2 is 2.12 bits per heavy atom. The van der Waals surface area contributed by atoms with Gasteiger partial charge >= 0.3 is 0 Å². The highest BCUT2D eigenvalue weighted by atomic mass is 16.5. The molecule has 4 nitrogen and oxygen atoms in total. The third kappa shape index (κ3) is 2.22. The van der Waals surface area contributed by atoms with Gasteiger partial charge in [0.1, 0.15) is 5.82 Å². The van der Waals surface area contributed by atoms with Crippen molar-refractivity contribution in [2.75, 3.05) is 18.0 Å². The highest BCUT2D eigenvalue weighted by molar-refractivity contribution is 5.82. The Morgan fingerprint density at radius 1 is 1.44 bits per heavy atom. The fourth-order valence-electron chi connectivity index (χ4n) is 2.12. The fraction of sp³-hybridized carbons (Fsp3) is 0.500. The summed E-state index contributed by atoms with van der Waals surface area (Å²) in [5.41, 5.74) is 0.642. The maximum atomic E-state index is 10.9. The molecular weight excluding hydrogens is 204 g/mol. The lowest BCUT2D eigenvalue weighted by molar-refractivity contribution is -0.00549. The number of aromatic nitrogens is 1. The van der Waals surface area contributed by atoms with E-state index in [9.17, 15) is 4.79 Å². The highest BCUT2D eigenvalue weighted by Crippen LogP contribution is 2.20. The third-order valence-electron chi connectivity index (χ3n) is 2.66. The van der Waals surface area contributed by atoms with Gasteiger partial charge in [-0.15, -0.1) is 0 Å². The van der Waals surface area contributed by atoms with Crippen LogP contribution in [0.1, 0.15) is 24.2 Å². The van der Waals surface area contributed by atoms with Crippen LogP contribution in [0.3, 0.4) is 0 Å². The first-order valence-electron chi connectivity index (χ1n) is 5.51. The Labute approximate surface area is 95.2 Å². The Balaban J connectivity index is 2.25. The lowest BCUT2D eigenvalue weighted by Crippen LogP contribution is -2.46. The molecule has 1 aromatic heterocycles. The van der Waals surface area contributed by atoms with Crippen molar-refractivity contribution in [2.45, 2.75) is 26.1 Å². The maximum Gasteiger partial charge on any atom is 0.153 e. The molecule has 4 heteroatoms. The molecule has 86 valence electrons. The van der Waals surface area contributed by atoms with E-state index in [4.69, 9.17) is 4.74 Å². The molecular formula is C12H16N2O2. The minimum Gasteiger partial charge on any atom is -0.372 e. The Hall–Kier alpha value is -1.42. The molecule has 0 aromatic carbocycles. The largest absolute Gasteiger partial charge is 0.372 e. The number of hydrogen-bond donors (Lipinski definition) is 0. The van der Waals surface area contributed by atoms with Crippen molar-refractivity contribution in [1.29, 1.82) is 0 Å². The molecule has 0 saturated carbocycles. The van der Waals surface area contributed by atoms with Gasteiger partial charge in [-0.2, -0.15) is 0 Å². The molecule has 2 rings (SSSR count). The van der Waals surface area contributed by atoms with E-state index in [0.717, 1.165) is 25.2 Å². The van der Waals surface area contributed by atoms with Crippen LogP contribution in [-0.2, 0) is 4.74 Å². The van der Waals surface area contributed by atoms with Crippen molar-refractivity contribution in [2.24, 2.45) is 0 Å². The van der Waals surface area contributed by atoms with E-state index in [0.29, 0.717) is 5.56 Å². The number of carbonyl (C=O) groups excluding carboxylic acids is 1. The zero-order valence-corrected chi connectivity index (χ0v) is 9.59. The molecule has 2 heterocycles. The van der Waals surface area contributed by atoms with Crippen LogP contribution < -0.4 is 4.90 Å². The number of anilines is 1. The first kappa shape index (κ1) is 11.1. The minimum atomic E-state index is 0.172. The maximum absolute atomic E-state index is 10.9. The summed E-state index contributed by atoms with van der Waals surface area (Å²) in [7, 11) is 0. The highest BCUT2D eigenvalue weighted by Gasteiger charge is 2.24. The summed E-state index contributed by atoms with van der Waals surface area (Å²) < 4.78 is 5.65. The van der Waals surface area contributed by atoms with E-state index in [1.54, 1.807) is 18.3 Å². The molecule has 1 saturated heterocycles. The molecule has 1 aliphatic rings. The summed E-state index contributed by atoms with van der Waals surface area (Å²) in [4.78, 5) is 17.3. The SMILES string of the molecule is C[C@@H]1CN(c2ncccc2C=O)C[C@H](C)O1. The third-order valence-corrected chi connectivity index (χ3v) is 2.66. The smallest absolute Gasteiger partial charge is 0.153 e. The van der Waals surface area contributed by atoms with Crippen LogP contribution in [0.25, 0.3) is 0 Å². The van der Waals surface area contributed by atoms with E-state index in [1.165, 1.54) is 0 Å². The van der Waals surface area contributed by atoms with Crippen molar-refractivity contribution >= 4 is 12.1 Å². The number of ether oxygens (including phenoxy) is 1. The predicted octanol–water partition coefficient (Wildman–Crippen LogP) is 1.51. The molecule has 0 radical (unpaired) electrons. The van der Waals surface area contributed by atoms with Gasteiger partial charge in [0.2, 0.25) is 0 Å². The standard InChI is InChI=1S/C12H16N2O2/c1-9-6-14(7-10(2)16-9)12-11(8-15)4-3-5-13-12/h3-5,8-10H,6-7H2,1-2H3/t9-,10+. The van der Waals surface area contributed by atoms with Gasteiger partial charge in [-0.25, -0.2) is 4.98 Å². The van der Waals surface area contributed by atoms with Gasteiger partial charge in [-0.05, 0) is 26.0 Å². The van der Waals surface area contributed by atoms with E-state index in [1.807, 2.05) is 13.8 Å². The number of aldehydes is 1. The number of rotatable bonds is 2. The second-order valence-electron chi connectivity index (χ2n) is 4.20. The van der Waals surface area contributed by atoms with Crippen LogP contribution in [0.15, 0.2) is 18.3 Å². The quantitative estimate of drug-likeness (QED) is 0.708. The molecule has 0 N–H and O–H groups in total. The summed E-state index contributed by atoms with van der Waals surface area (Å²) >= 11 is 0. The lowest BCUT2D eigenvalue weighted by Gasteiger charge is -2.36. The first-order valence-corrected chi connectivity index (χ1v) is 5.51. The van der Waals surface area contributed by atoms with Gasteiger partial charge in [-0.1, -0.05) is 0 Å². The average Bonchev–Trinajstić information content (AvgIpc) is 2.27. The van der Waals surface area contributed by atoms with Crippen molar-refractivity contribution in [3.05, 3.63) is 23.9 Å². The Bertz CT molecular complexity index is 371. The first-order chi connectivity index (χ1) is 7.70. The predicted molar refractivity (Wildman–Crippen MR) is 61.8 cm³/mol. The van der Waals surface area contributed by atoms with E-state index >= 15 is 0 Å². The summed E-state index contributed by atoms with van der Waals surface area (Å²) in [6.45, 7) is 5.63. The van der Waals surface area contributed by atoms with Crippen LogP contribution >= 0.6 is 0 Å². The molecule has 1 aliphatic heterocycles. The van der Waals surface area contributed by atoms with Crippen LogP contribution in [0, 0.1) is 0 Å². The van der Waals surface area contributed by atoms with Crippen LogP contribution in [0.4, 0.5) is 5.82 Å². The molecule has 0 aliphatic carbocycles. The zero-order chi connectivity index (χ0) is 11.5. The minimum absolute atomic E-state index is 0.172. The number of morpholine rings is 1. The van der Waals surface area contributed by atoms with Gasteiger partial charge in [0.05, 0.1) is 17.8 Å². The zero-order valence-electron chi connectivity index (χ0n) is 9.59. The average molecular weight is 220 g/mol. The number of hydrogen-bond acceptors (Lipinski definition) is 4. The summed E-state index contributed by atoms with van der Waals surface area (Å²) in [6.07, 6.45) is 2.91. The summed E-state index contributed by atoms with van der Waals surface area (Å²) in [6, 6.07) is 3.57. The van der Waals surface area contributed by atoms with Gasteiger partial charge in [0, 0.05) is 19.3 Å². The molecule has 0 unspecified atom stereocenters. The normalized spacial score (nSPS) is 25.5. The van der Waals surface area contributed by atoms with Crippen LogP contribution in [0.2, 0.25) is 0 Å². The van der Waals surface area contributed by atoms with E-state index in [2.05, 4.69) is 9.88 Å².